The molecule has 2 N–H and O–H groups in total. The molecular weight excluding hydrogens is 496 g/mol. The Labute approximate surface area is 227 Å². The predicted octanol–water partition coefficient (Wildman–Crippen LogP) is 5.85. The fraction of sp³-hybridized carbons (Fsp3) is 0.258. The molecule has 1 fully saturated rings. The van der Waals surface area contributed by atoms with Gasteiger partial charge in [0.05, 0.1) is 25.3 Å². The zero-order valence-corrected chi connectivity index (χ0v) is 22.3. The molecule has 0 aromatic heterocycles. The number of benzene rings is 3. The Balaban J connectivity index is 1.75. The van der Waals surface area contributed by atoms with Gasteiger partial charge in [0.15, 0.2) is 0 Å². The maximum absolute atomic E-state index is 13.4. The molecular formula is C31H32N2O6. The van der Waals surface area contributed by atoms with E-state index < -0.39 is 17.7 Å². The lowest BCUT2D eigenvalue weighted by Crippen LogP contribution is -2.29. The number of carbonyl (C=O) groups excluding carboxylic acids is 3. The number of amides is 2. The Morgan fingerprint density at radius 2 is 1.69 bits per heavy atom. The summed E-state index contributed by atoms with van der Waals surface area (Å²) < 4.78 is 11.1. The third kappa shape index (κ3) is 6.12. The highest BCUT2D eigenvalue weighted by Gasteiger charge is 2.47. The number of nitrogens with zero attached hydrogens (tertiary/aromatic N) is 1. The van der Waals surface area contributed by atoms with Crippen LogP contribution in [0.1, 0.15) is 50.3 Å². The van der Waals surface area contributed by atoms with Gasteiger partial charge in [0, 0.05) is 23.9 Å². The van der Waals surface area contributed by atoms with Crippen LogP contribution in [0.2, 0.25) is 0 Å². The number of Topliss-reactive ketones (excluding diaryl/α,β-unsaturated/α-hetero) is 1. The van der Waals surface area contributed by atoms with Gasteiger partial charge in [0.2, 0.25) is 5.91 Å². The summed E-state index contributed by atoms with van der Waals surface area (Å²) >= 11 is 0. The van der Waals surface area contributed by atoms with Gasteiger partial charge in [0.25, 0.3) is 11.7 Å². The molecule has 1 aliphatic rings. The maximum atomic E-state index is 13.4. The Bertz CT molecular complexity index is 1380. The minimum atomic E-state index is -0.906. The molecule has 2 amide bonds. The van der Waals surface area contributed by atoms with Crippen LogP contribution in [0.4, 0.5) is 11.4 Å². The summed E-state index contributed by atoms with van der Waals surface area (Å²) in [5.74, 6) is -0.873. The molecule has 202 valence electrons. The van der Waals surface area contributed by atoms with E-state index in [0.717, 1.165) is 19.3 Å². The smallest absolute Gasteiger partial charge is 0.300 e. The summed E-state index contributed by atoms with van der Waals surface area (Å²) in [5.41, 5.74) is 1.95. The average Bonchev–Trinajstić information content (AvgIpc) is 3.21. The van der Waals surface area contributed by atoms with Crippen LogP contribution in [0, 0.1) is 0 Å². The van der Waals surface area contributed by atoms with Crippen molar-refractivity contribution >= 4 is 34.7 Å². The number of ketones is 1. The van der Waals surface area contributed by atoms with E-state index in [1.54, 1.807) is 72.8 Å². The predicted molar refractivity (Wildman–Crippen MR) is 150 cm³/mol. The van der Waals surface area contributed by atoms with E-state index in [2.05, 4.69) is 12.2 Å². The molecule has 3 aromatic rings. The molecule has 0 spiro atoms. The molecule has 8 nitrogen and oxygen atoms in total. The van der Waals surface area contributed by atoms with Gasteiger partial charge >= 0.3 is 0 Å². The lowest BCUT2D eigenvalue weighted by molar-refractivity contribution is -0.132. The third-order valence-corrected chi connectivity index (χ3v) is 6.46. The number of nitrogens with one attached hydrogen (secondary N) is 1. The molecule has 0 aliphatic carbocycles. The molecule has 1 atom stereocenters. The molecule has 4 rings (SSSR count). The highest BCUT2D eigenvalue weighted by molar-refractivity contribution is 6.51. The first-order valence-corrected chi connectivity index (χ1v) is 12.9. The topological polar surface area (TPSA) is 105 Å². The standard InChI is InChI=1S/C31H32N2O6/c1-4-5-6-18-39-25-16-10-21(11-17-25)29(35)27-28(22-8-7-9-26(19-22)38-3)33(31(37)30(27)36)24-14-12-23(13-15-24)32-20(2)34/h7-17,19,28,35H,4-6,18H2,1-3H3,(H,32,34)/b29-27-. The van der Waals surface area contributed by atoms with Gasteiger partial charge < -0.3 is 19.9 Å². The van der Waals surface area contributed by atoms with Crippen molar-refractivity contribution in [2.45, 2.75) is 39.2 Å². The largest absolute Gasteiger partial charge is 0.507 e. The number of unbranched alkanes of at least 4 members (excludes halogenated alkanes) is 2. The van der Waals surface area contributed by atoms with Crippen LogP contribution in [0.5, 0.6) is 11.5 Å². The summed E-state index contributed by atoms with van der Waals surface area (Å²) in [7, 11) is 1.53. The van der Waals surface area contributed by atoms with Crippen molar-refractivity contribution in [1.82, 2.24) is 0 Å². The SMILES string of the molecule is CCCCCOc1ccc(/C(O)=C2/C(=O)C(=O)N(c3ccc(NC(C)=O)cc3)C2c2cccc(OC)c2)cc1. The Hall–Kier alpha value is -4.59. The number of anilines is 2. The van der Waals surface area contributed by atoms with E-state index in [1.165, 1.54) is 18.9 Å². The number of rotatable bonds is 10. The molecule has 0 radical (unpaired) electrons. The van der Waals surface area contributed by atoms with Crippen molar-refractivity contribution in [3.63, 3.8) is 0 Å². The molecule has 1 saturated heterocycles. The summed E-state index contributed by atoms with van der Waals surface area (Å²) in [5, 5.41) is 14.1. The molecule has 1 unspecified atom stereocenters. The minimum Gasteiger partial charge on any atom is -0.507 e. The van der Waals surface area contributed by atoms with Crippen molar-refractivity contribution in [3.8, 4) is 11.5 Å². The summed E-state index contributed by atoms with van der Waals surface area (Å²) in [6.07, 6.45) is 3.13. The summed E-state index contributed by atoms with van der Waals surface area (Å²) in [4.78, 5) is 39.6. The Morgan fingerprint density at radius 1 is 0.974 bits per heavy atom. The van der Waals surface area contributed by atoms with Crippen molar-refractivity contribution in [1.29, 1.82) is 0 Å². The second kappa shape index (κ2) is 12.3. The minimum absolute atomic E-state index is 0.0317. The number of hydrogen-bond donors (Lipinski definition) is 2. The monoisotopic (exact) mass is 528 g/mol. The van der Waals surface area contributed by atoms with Crippen molar-refractivity contribution in [3.05, 3.63) is 89.5 Å². The van der Waals surface area contributed by atoms with Crippen molar-refractivity contribution in [2.24, 2.45) is 0 Å². The second-order valence-corrected chi connectivity index (χ2v) is 9.25. The van der Waals surface area contributed by atoms with Crippen LogP contribution >= 0.6 is 0 Å². The fourth-order valence-electron chi connectivity index (χ4n) is 4.54. The second-order valence-electron chi connectivity index (χ2n) is 9.25. The van der Waals surface area contributed by atoms with Crippen LogP contribution in [0.3, 0.4) is 0 Å². The number of ether oxygens (including phenoxy) is 2. The molecule has 0 bridgehead atoms. The van der Waals surface area contributed by atoms with E-state index in [1.807, 2.05) is 0 Å². The molecule has 1 aliphatic heterocycles. The van der Waals surface area contributed by atoms with Gasteiger partial charge in [0.1, 0.15) is 17.3 Å². The van der Waals surface area contributed by atoms with E-state index >= 15 is 0 Å². The Morgan fingerprint density at radius 3 is 2.33 bits per heavy atom. The highest BCUT2D eigenvalue weighted by atomic mass is 16.5. The van der Waals surface area contributed by atoms with Gasteiger partial charge in [-0.25, -0.2) is 0 Å². The average molecular weight is 529 g/mol. The van der Waals surface area contributed by atoms with Crippen LogP contribution in [-0.4, -0.2) is 36.4 Å². The van der Waals surface area contributed by atoms with E-state index in [0.29, 0.717) is 40.6 Å². The first-order chi connectivity index (χ1) is 18.8. The van der Waals surface area contributed by atoms with Crippen LogP contribution in [0.25, 0.3) is 5.76 Å². The number of hydrogen-bond acceptors (Lipinski definition) is 6. The number of aliphatic hydroxyl groups excluding tert-OH is 1. The number of methoxy groups -OCH3 is 1. The first kappa shape index (κ1) is 27.4. The summed E-state index contributed by atoms with van der Waals surface area (Å²) in [6.45, 7) is 4.13. The van der Waals surface area contributed by atoms with E-state index in [4.69, 9.17) is 9.47 Å². The van der Waals surface area contributed by atoms with Gasteiger partial charge in [-0.15, -0.1) is 0 Å². The fourth-order valence-corrected chi connectivity index (χ4v) is 4.54. The zero-order valence-electron chi connectivity index (χ0n) is 22.3. The van der Waals surface area contributed by atoms with Gasteiger partial charge in [-0.3, -0.25) is 19.3 Å². The van der Waals surface area contributed by atoms with Crippen LogP contribution < -0.4 is 19.7 Å². The maximum Gasteiger partial charge on any atom is 0.300 e. The zero-order chi connectivity index (χ0) is 27.9. The van der Waals surface area contributed by atoms with Crippen LogP contribution in [-0.2, 0) is 14.4 Å². The lowest BCUT2D eigenvalue weighted by atomic mass is 9.95. The molecule has 39 heavy (non-hydrogen) atoms. The molecule has 0 saturated carbocycles. The van der Waals surface area contributed by atoms with E-state index in [9.17, 15) is 19.5 Å². The normalized spacial score (nSPS) is 16.3. The van der Waals surface area contributed by atoms with Gasteiger partial charge in [-0.1, -0.05) is 31.9 Å². The van der Waals surface area contributed by atoms with Gasteiger partial charge in [-0.2, -0.15) is 0 Å². The van der Waals surface area contributed by atoms with Crippen LogP contribution in [0.15, 0.2) is 78.4 Å². The number of aliphatic hydroxyl groups is 1. The quantitative estimate of drug-likeness (QED) is 0.148. The molecule has 1 heterocycles. The number of carbonyl (C=O) groups is 3. The third-order valence-electron chi connectivity index (χ3n) is 6.46. The van der Waals surface area contributed by atoms with Crippen molar-refractivity contribution < 1.29 is 29.0 Å². The molecule has 8 heteroatoms. The van der Waals surface area contributed by atoms with Crippen molar-refractivity contribution in [2.75, 3.05) is 23.9 Å². The van der Waals surface area contributed by atoms with E-state index in [-0.39, 0.29) is 17.2 Å². The highest BCUT2D eigenvalue weighted by Crippen LogP contribution is 2.43. The van der Waals surface area contributed by atoms with Gasteiger partial charge in [-0.05, 0) is 72.6 Å². The summed E-state index contributed by atoms with van der Waals surface area (Å²) in [6, 6.07) is 19.5. The molecule has 3 aromatic carbocycles. The Kier molecular flexibility index (Phi) is 8.66. The lowest BCUT2D eigenvalue weighted by Gasteiger charge is -2.26. The first-order valence-electron chi connectivity index (χ1n) is 12.9.